The zero-order valence-corrected chi connectivity index (χ0v) is 15.7. The van der Waals surface area contributed by atoms with Gasteiger partial charge in [0.2, 0.25) is 5.91 Å². The molecule has 0 saturated carbocycles. The van der Waals surface area contributed by atoms with Gasteiger partial charge in [0.05, 0.1) is 4.90 Å². The second-order valence-electron chi connectivity index (χ2n) is 5.83. The maximum Gasteiger partial charge on any atom is 0.263 e. The smallest absolute Gasteiger partial charge is 0.263 e. The van der Waals surface area contributed by atoms with Crippen molar-refractivity contribution in [1.82, 2.24) is 15.1 Å². The van der Waals surface area contributed by atoms with Crippen molar-refractivity contribution in [2.24, 2.45) is 0 Å². The highest BCUT2D eigenvalue weighted by Gasteiger charge is 2.20. The van der Waals surface area contributed by atoms with Gasteiger partial charge < -0.3 is 9.80 Å². The average Bonchev–Trinajstić information content (AvgIpc) is 2.62. The first-order chi connectivity index (χ1) is 12.3. The molecule has 2 aromatic rings. The number of carbonyl (C=O) groups is 1. The van der Waals surface area contributed by atoms with Crippen LogP contribution in [0.3, 0.4) is 0 Å². The lowest BCUT2D eigenvalue weighted by Gasteiger charge is -2.34. The van der Waals surface area contributed by atoms with E-state index in [4.69, 9.17) is 11.6 Å². The van der Waals surface area contributed by atoms with Crippen LogP contribution in [-0.2, 0) is 14.8 Å². The molecular weight excluding hydrogens is 378 g/mol. The van der Waals surface area contributed by atoms with Gasteiger partial charge in [-0.05, 0) is 30.3 Å². The van der Waals surface area contributed by atoms with Crippen LogP contribution in [-0.4, -0.2) is 55.6 Å². The SMILES string of the molecule is CC(=O)N1CCN(c2ccc(NS(=O)(=O)c3cccc(Cl)c3)nn2)CC1. The van der Waals surface area contributed by atoms with E-state index >= 15 is 0 Å². The Kier molecular flexibility index (Phi) is 5.28. The fourth-order valence-electron chi connectivity index (χ4n) is 2.63. The molecule has 1 amide bonds. The van der Waals surface area contributed by atoms with E-state index in [1.807, 2.05) is 4.90 Å². The summed E-state index contributed by atoms with van der Waals surface area (Å²) in [5, 5.41) is 8.37. The summed E-state index contributed by atoms with van der Waals surface area (Å²) in [4.78, 5) is 15.2. The van der Waals surface area contributed by atoms with Gasteiger partial charge in [0.1, 0.15) is 0 Å². The van der Waals surface area contributed by atoms with Gasteiger partial charge in [-0.3, -0.25) is 9.52 Å². The Morgan fingerprint density at radius 2 is 1.85 bits per heavy atom. The zero-order valence-electron chi connectivity index (χ0n) is 14.1. The lowest BCUT2D eigenvalue weighted by Crippen LogP contribution is -2.48. The van der Waals surface area contributed by atoms with Crippen LogP contribution < -0.4 is 9.62 Å². The van der Waals surface area contributed by atoms with Gasteiger partial charge in [-0.25, -0.2) is 8.42 Å². The van der Waals surface area contributed by atoms with Crippen LogP contribution >= 0.6 is 11.6 Å². The largest absolute Gasteiger partial charge is 0.352 e. The number of carbonyl (C=O) groups excluding carboxylic acids is 1. The molecule has 1 aliphatic rings. The predicted molar refractivity (Wildman–Crippen MR) is 98.8 cm³/mol. The number of benzene rings is 1. The molecule has 0 bridgehead atoms. The van der Waals surface area contributed by atoms with Crippen LogP contribution in [0.2, 0.25) is 5.02 Å². The van der Waals surface area contributed by atoms with Crippen molar-refractivity contribution in [2.75, 3.05) is 35.8 Å². The van der Waals surface area contributed by atoms with Crippen LogP contribution in [0, 0.1) is 0 Å². The molecular formula is C16H18ClN5O3S. The van der Waals surface area contributed by atoms with Crippen LogP contribution in [0.5, 0.6) is 0 Å². The molecule has 10 heteroatoms. The first-order valence-electron chi connectivity index (χ1n) is 7.98. The molecule has 138 valence electrons. The Bertz CT molecular complexity index is 896. The number of anilines is 2. The van der Waals surface area contributed by atoms with E-state index in [1.165, 1.54) is 12.1 Å². The summed E-state index contributed by atoms with van der Waals surface area (Å²) in [6, 6.07) is 9.23. The Labute approximate surface area is 156 Å². The molecule has 1 fully saturated rings. The number of halogens is 1. The van der Waals surface area contributed by atoms with Crippen LogP contribution in [0.4, 0.5) is 11.6 Å². The second kappa shape index (κ2) is 7.46. The van der Waals surface area contributed by atoms with Gasteiger partial charge >= 0.3 is 0 Å². The van der Waals surface area contributed by atoms with Gasteiger partial charge in [0.25, 0.3) is 10.0 Å². The molecule has 0 radical (unpaired) electrons. The molecule has 1 aromatic heterocycles. The average molecular weight is 396 g/mol. The second-order valence-corrected chi connectivity index (χ2v) is 7.95. The molecule has 0 aliphatic carbocycles. The quantitative estimate of drug-likeness (QED) is 0.844. The highest BCUT2D eigenvalue weighted by atomic mass is 35.5. The lowest BCUT2D eigenvalue weighted by molar-refractivity contribution is -0.129. The third-order valence-electron chi connectivity index (χ3n) is 4.04. The number of hydrogen-bond acceptors (Lipinski definition) is 6. The number of nitrogens with one attached hydrogen (secondary N) is 1. The van der Waals surface area contributed by atoms with Gasteiger partial charge in [-0.2, -0.15) is 0 Å². The summed E-state index contributed by atoms with van der Waals surface area (Å²) in [6.07, 6.45) is 0. The molecule has 0 atom stereocenters. The van der Waals surface area contributed by atoms with Crippen molar-refractivity contribution < 1.29 is 13.2 Å². The van der Waals surface area contributed by atoms with E-state index in [-0.39, 0.29) is 16.6 Å². The third-order valence-corrected chi connectivity index (χ3v) is 5.63. The van der Waals surface area contributed by atoms with E-state index < -0.39 is 10.0 Å². The number of hydrogen-bond donors (Lipinski definition) is 1. The number of rotatable bonds is 4. The molecule has 2 heterocycles. The molecule has 0 unspecified atom stereocenters. The zero-order chi connectivity index (χ0) is 18.7. The van der Waals surface area contributed by atoms with Crippen LogP contribution in [0.1, 0.15) is 6.92 Å². The van der Waals surface area contributed by atoms with Crippen LogP contribution in [0.25, 0.3) is 0 Å². The highest BCUT2D eigenvalue weighted by molar-refractivity contribution is 7.92. The molecule has 1 saturated heterocycles. The number of aromatic nitrogens is 2. The minimum absolute atomic E-state index is 0.0521. The Morgan fingerprint density at radius 3 is 2.42 bits per heavy atom. The van der Waals surface area contributed by atoms with Gasteiger partial charge in [-0.15, -0.1) is 10.2 Å². The van der Waals surface area contributed by atoms with Crippen molar-refractivity contribution in [3.63, 3.8) is 0 Å². The molecule has 0 spiro atoms. The topological polar surface area (TPSA) is 95.5 Å². The molecule has 8 nitrogen and oxygen atoms in total. The van der Waals surface area contributed by atoms with Crippen molar-refractivity contribution in [3.8, 4) is 0 Å². The minimum atomic E-state index is -3.79. The molecule has 26 heavy (non-hydrogen) atoms. The first-order valence-corrected chi connectivity index (χ1v) is 9.84. The summed E-state index contributed by atoms with van der Waals surface area (Å²) in [5.41, 5.74) is 0. The number of sulfonamides is 1. The number of amides is 1. The van der Waals surface area contributed by atoms with E-state index in [2.05, 4.69) is 14.9 Å². The van der Waals surface area contributed by atoms with Crippen molar-refractivity contribution in [1.29, 1.82) is 0 Å². The van der Waals surface area contributed by atoms with E-state index in [9.17, 15) is 13.2 Å². The maximum atomic E-state index is 12.4. The van der Waals surface area contributed by atoms with Crippen molar-refractivity contribution in [2.45, 2.75) is 11.8 Å². The van der Waals surface area contributed by atoms with Crippen molar-refractivity contribution in [3.05, 3.63) is 41.4 Å². The van der Waals surface area contributed by atoms with E-state index in [0.717, 1.165) is 0 Å². The van der Waals surface area contributed by atoms with E-state index in [1.54, 1.807) is 36.1 Å². The summed E-state index contributed by atoms with van der Waals surface area (Å²) < 4.78 is 27.1. The van der Waals surface area contributed by atoms with Gasteiger partial charge in [0.15, 0.2) is 11.6 Å². The van der Waals surface area contributed by atoms with Gasteiger partial charge in [-0.1, -0.05) is 17.7 Å². The Morgan fingerprint density at radius 1 is 1.12 bits per heavy atom. The molecule has 1 aliphatic heterocycles. The number of piperazine rings is 1. The summed E-state index contributed by atoms with van der Waals surface area (Å²) >= 11 is 5.84. The van der Waals surface area contributed by atoms with E-state index in [0.29, 0.717) is 37.0 Å². The summed E-state index contributed by atoms with van der Waals surface area (Å²) in [5.74, 6) is 0.816. The highest BCUT2D eigenvalue weighted by Crippen LogP contribution is 2.19. The Hall–Kier alpha value is -2.39. The molecule has 3 rings (SSSR count). The van der Waals surface area contributed by atoms with Gasteiger partial charge in [0, 0.05) is 38.1 Å². The maximum absolute atomic E-state index is 12.4. The third kappa shape index (κ3) is 4.23. The first kappa shape index (κ1) is 18.4. The normalized spacial score (nSPS) is 15.0. The fraction of sp³-hybridized carbons (Fsp3) is 0.312. The predicted octanol–water partition coefficient (Wildman–Crippen LogP) is 1.60. The van der Waals surface area contributed by atoms with Crippen LogP contribution in [0.15, 0.2) is 41.3 Å². The minimum Gasteiger partial charge on any atom is -0.352 e. The number of nitrogens with zero attached hydrogens (tertiary/aromatic N) is 4. The summed E-state index contributed by atoms with van der Waals surface area (Å²) in [6.45, 7) is 4.11. The Balaban J connectivity index is 1.67. The lowest BCUT2D eigenvalue weighted by atomic mass is 10.3. The van der Waals surface area contributed by atoms with Crippen molar-refractivity contribution >= 4 is 39.2 Å². The standard InChI is InChI=1S/C16H18ClN5O3S/c1-12(23)21-7-9-22(10-8-21)16-6-5-15(18-19-16)20-26(24,25)14-4-2-3-13(17)11-14/h2-6,11H,7-10H2,1H3,(H,18,20). The fourth-order valence-corrected chi connectivity index (χ4v) is 3.93. The molecule has 1 N–H and O–H groups in total. The summed E-state index contributed by atoms with van der Waals surface area (Å²) in [7, 11) is -3.79. The molecule has 1 aromatic carbocycles. The monoisotopic (exact) mass is 395 g/mol.